The van der Waals surface area contributed by atoms with Crippen molar-refractivity contribution in [3.05, 3.63) is 24.4 Å². The van der Waals surface area contributed by atoms with Gasteiger partial charge in [0.1, 0.15) is 0 Å². The summed E-state index contributed by atoms with van der Waals surface area (Å²) in [6.45, 7) is 9.86. The summed E-state index contributed by atoms with van der Waals surface area (Å²) in [5.41, 5.74) is 1.89. The van der Waals surface area contributed by atoms with Crippen molar-refractivity contribution < 1.29 is 9.47 Å². The van der Waals surface area contributed by atoms with Gasteiger partial charge < -0.3 is 19.7 Å². The summed E-state index contributed by atoms with van der Waals surface area (Å²) in [6, 6.07) is 6.24. The van der Waals surface area contributed by atoms with E-state index >= 15 is 0 Å². The van der Waals surface area contributed by atoms with Gasteiger partial charge in [-0.05, 0) is 38.6 Å². The first-order chi connectivity index (χ1) is 11.6. The molecule has 0 saturated carbocycles. The molecule has 0 aliphatic carbocycles. The van der Waals surface area contributed by atoms with Crippen LogP contribution in [0.5, 0.6) is 11.5 Å². The lowest BCUT2D eigenvalue weighted by Gasteiger charge is -2.23. The number of ether oxygens (including phenoxy) is 2. The molecule has 0 saturated heterocycles. The number of aromatic nitrogens is 1. The number of pyridine rings is 1. The Morgan fingerprint density at radius 3 is 2.58 bits per heavy atom. The molecule has 5 heteroatoms. The number of anilines is 1. The molecule has 24 heavy (non-hydrogen) atoms. The molecular formula is C19H29N3O2. The Balaban J connectivity index is 2.25. The van der Waals surface area contributed by atoms with Gasteiger partial charge in [-0.3, -0.25) is 4.98 Å². The molecule has 0 spiro atoms. The smallest absolute Gasteiger partial charge is 0.170 e. The highest BCUT2D eigenvalue weighted by molar-refractivity contribution is 5.97. The second kappa shape index (κ2) is 8.73. The van der Waals surface area contributed by atoms with Crippen molar-refractivity contribution in [3.8, 4) is 11.5 Å². The third-order valence-electron chi connectivity index (χ3n) is 4.41. The Bertz CT molecular complexity index is 656. The summed E-state index contributed by atoms with van der Waals surface area (Å²) in [7, 11) is 3.32. The molecule has 2 rings (SSSR count). The van der Waals surface area contributed by atoms with Crippen LogP contribution in [-0.2, 0) is 0 Å². The Kier molecular flexibility index (Phi) is 6.67. The minimum Gasteiger partial charge on any atom is -0.493 e. The Labute approximate surface area is 145 Å². The lowest BCUT2D eigenvalue weighted by atomic mass is 10.1. The van der Waals surface area contributed by atoms with Crippen molar-refractivity contribution in [2.75, 3.05) is 39.2 Å². The molecule has 1 N–H and O–H groups in total. The van der Waals surface area contributed by atoms with E-state index in [0.29, 0.717) is 6.04 Å². The van der Waals surface area contributed by atoms with Gasteiger partial charge in [0.05, 0.1) is 25.4 Å². The fourth-order valence-electron chi connectivity index (χ4n) is 2.93. The summed E-state index contributed by atoms with van der Waals surface area (Å²) in [4.78, 5) is 6.97. The average molecular weight is 331 g/mol. The van der Waals surface area contributed by atoms with Gasteiger partial charge in [-0.15, -0.1) is 0 Å². The normalized spacial score (nSPS) is 12.4. The molecule has 0 fully saturated rings. The first-order valence-corrected chi connectivity index (χ1v) is 8.63. The van der Waals surface area contributed by atoms with Gasteiger partial charge in [-0.2, -0.15) is 0 Å². The Hall–Kier alpha value is -2.01. The summed E-state index contributed by atoms with van der Waals surface area (Å²) < 4.78 is 11.0. The molecule has 0 aliphatic rings. The number of hydrogen-bond acceptors (Lipinski definition) is 5. The maximum absolute atomic E-state index is 5.52. The predicted molar refractivity (Wildman–Crippen MR) is 100 cm³/mol. The SMILES string of the molecule is CCN(CC)CCC(C)Nc1cc(OC)c(OC)c2cccnc12. The van der Waals surface area contributed by atoms with Crippen LogP contribution in [0.15, 0.2) is 24.4 Å². The molecule has 0 aliphatic heterocycles. The number of hydrogen-bond donors (Lipinski definition) is 1. The van der Waals surface area contributed by atoms with Gasteiger partial charge in [-0.1, -0.05) is 13.8 Å². The van der Waals surface area contributed by atoms with Gasteiger partial charge in [0.25, 0.3) is 0 Å². The quantitative estimate of drug-likeness (QED) is 0.757. The minimum absolute atomic E-state index is 0.342. The van der Waals surface area contributed by atoms with E-state index in [9.17, 15) is 0 Å². The fourth-order valence-corrected chi connectivity index (χ4v) is 2.93. The molecule has 1 aromatic heterocycles. The highest BCUT2D eigenvalue weighted by Gasteiger charge is 2.15. The van der Waals surface area contributed by atoms with Gasteiger partial charge in [-0.25, -0.2) is 0 Å². The maximum atomic E-state index is 5.52. The third-order valence-corrected chi connectivity index (χ3v) is 4.41. The lowest BCUT2D eigenvalue weighted by molar-refractivity contribution is 0.295. The predicted octanol–water partition coefficient (Wildman–Crippen LogP) is 3.78. The van der Waals surface area contributed by atoms with Crippen LogP contribution in [0.4, 0.5) is 5.69 Å². The number of nitrogens with zero attached hydrogens (tertiary/aromatic N) is 2. The van der Waals surface area contributed by atoms with Crippen LogP contribution in [-0.4, -0.2) is 49.8 Å². The number of benzene rings is 1. The second-order valence-electron chi connectivity index (χ2n) is 5.92. The summed E-state index contributed by atoms with van der Waals surface area (Å²) in [5, 5.41) is 4.55. The zero-order valence-electron chi connectivity index (χ0n) is 15.4. The standard InChI is InChI=1S/C19H29N3O2/c1-6-22(7-2)12-10-14(3)21-16-13-17(23-4)19(24-5)15-9-8-11-20-18(15)16/h8-9,11,13-14,21H,6-7,10,12H2,1-5H3. The molecule has 1 aromatic carbocycles. The van der Waals surface area contributed by atoms with Crippen molar-refractivity contribution in [1.82, 2.24) is 9.88 Å². The van der Waals surface area contributed by atoms with Crippen molar-refractivity contribution in [2.45, 2.75) is 33.2 Å². The number of methoxy groups -OCH3 is 2. The first kappa shape index (κ1) is 18.3. The highest BCUT2D eigenvalue weighted by atomic mass is 16.5. The van der Waals surface area contributed by atoms with Gasteiger partial charge in [0.15, 0.2) is 11.5 Å². The molecule has 132 valence electrons. The van der Waals surface area contributed by atoms with E-state index in [0.717, 1.165) is 54.1 Å². The highest BCUT2D eigenvalue weighted by Crippen LogP contribution is 2.39. The van der Waals surface area contributed by atoms with Crippen molar-refractivity contribution in [1.29, 1.82) is 0 Å². The number of rotatable bonds is 9. The zero-order chi connectivity index (χ0) is 17.5. The molecule has 1 heterocycles. The van der Waals surface area contributed by atoms with Crippen LogP contribution < -0.4 is 14.8 Å². The van der Waals surface area contributed by atoms with Gasteiger partial charge in [0.2, 0.25) is 0 Å². The topological polar surface area (TPSA) is 46.6 Å². The van der Waals surface area contributed by atoms with Gasteiger partial charge in [0, 0.05) is 30.2 Å². The lowest BCUT2D eigenvalue weighted by Crippen LogP contribution is -2.28. The fraction of sp³-hybridized carbons (Fsp3) is 0.526. The second-order valence-corrected chi connectivity index (χ2v) is 5.92. The van der Waals surface area contributed by atoms with Gasteiger partial charge >= 0.3 is 0 Å². The zero-order valence-corrected chi connectivity index (χ0v) is 15.4. The molecule has 0 bridgehead atoms. The van der Waals surface area contributed by atoms with E-state index in [4.69, 9.17) is 9.47 Å². The summed E-state index contributed by atoms with van der Waals surface area (Å²) in [5.74, 6) is 1.44. The van der Waals surface area contributed by atoms with Crippen LogP contribution in [0.2, 0.25) is 0 Å². The van der Waals surface area contributed by atoms with E-state index in [1.54, 1.807) is 20.4 Å². The van der Waals surface area contributed by atoms with E-state index in [-0.39, 0.29) is 0 Å². The molecule has 5 nitrogen and oxygen atoms in total. The molecule has 1 atom stereocenters. The number of nitrogens with one attached hydrogen (secondary N) is 1. The average Bonchev–Trinajstić information content (AvgIpc) is 2.62. The Morgan fingerprint density at radius 2 is 1.96 bits per heavy atom. The summed E-state index contributed by atoms with van der Waals surface area (Å²) >= 11 is 0. The molecular weight excluding hydrogens is 302 g/mol. The van der Waals surface area contributed by atoms with E-state index < -0.39 is 0 Å². The van der Waals surface area contributed by atoms with E-state index in [2.05, 4.69) is 36.0 Å². The Morgan fingerprint density at radius 1 is 1.21 bits per heavy atom. The number of fused-ring (bicyclic) bond motifs is 1. The molecule has 0 amide bonds. The van der Waals surface area contributed by atoms with E-state index in [1.807, 2.05) is 18.2 Å². The molecule has 0 radical (unpaired) electrons. The molecule has 1 unspecified atom stereocenters. The van der Waals surface area contributed by atoms with Crippen LogP contribution in [0.25, 0.3) is 10.9 Å². The first-order valence-electron chi connectivity index (χ1n) is 8.63. The summed E-state index contributed by atoms with van der Waals surface area (Å²) in [6.07, 6.45) is 2.88. The van der Waals surface area contributed by atoms with Crippen LogP contribution in [0.1, 0.15) is 27.2 Å². The van der Waals surface area contributed by atoms with Crippen LogP contribution in [0.3, 0.4) is 0 Å². The van der Waals surface area contributed by atoms with Crippen LogP contribution >= 0.6 is 0 Å². The van der Waals surface area contributed by atoms with Crippen molar-refractivity contribution in [2.24, 2.45) is 0 Å². The molecule has 2 aromatic rings. The monoisotopic (exact) mass is 331 g/mol. The third kappa shape index (κ3) is 4.09. The largest absolute Gasteiger partial charge is 0.493 e. The van der Waals surface area contributed by atoms with Crippen molar-refractivity contribution in [3.63, 3.8) is 0 Å². The van der Waals surface area contributed by atoms with E-state index in [1.165, 1.54) is 0 Å². The maximum Gasteiger partial charge on any atom is 0.170 e. The van der Waals surface area contributed by atoms with Crippen LogP contribution in [0, 0.1) is 0 Å². The van der Waals surface area contributed by atoms with Crippen molar-refractivity contribution >= 4 is 16.6 Å². The minimum atomic E-state index is 0.342.